The van der Waals surface area contributed by atoms with Crippen molar-refractivity contribution in [1.82, 2.24) is 19.4 Å². The molecule has 5 nitrogen and oxygen atoms in total. The number of nitrogens with zero attached hydrogens (tertiary/aromatic N) is 4. The van der Waals surface area contributed by atoms with Gasteiger partial charge >= 0.3 is 6.18 Å². The van der Waals surface area contributed by atoms with Crippen molar-refractivity contribution in [3.05, 3.63) is 18.2 Å². The molecule has 1 aliphatic heterocycles. The number of aliphatic hydroxyl groups is 1. The number of β-amino-alcohol motifs (C(OH)–C–C–N with tert-alkyl or cyclic N) is 1. The molecule has 1 aromatic rings. The van der Waals surface area contributed by atoms with E-state index in [-0.39, 0.29) is 12.1 Å². The second-order valence-corrected chi connectivity index (χ2v) is 6.01. The van der Waals surface area contributed by atoms with Crippen LogP contribution in [0.15, 0.2) is 12.4 Å². The van der Waals surface area contributed by atoms with Gasteiger partial charge < -0.3 is 9.67 Å². The van der Waals surface area contributed by atoms with Crippen LogP contribution >= 0.6 is 0 Å². The van der Waals surface area contributed by atoms with Crippen LogP contribution in [-0.2, 0) is 13.1 Å². The number of aromatic nitrogens is 2. The molecule has 0 spiro atoms. The van der Waals surface area contributed by atoms with Gasteiger partial charge in [-0.05, 0) is 13.8 Å². The van der Waals surface area contributed by atoms with Crippen molar-refractivity contribution in [2.24, 2.45) is 0 Å². The van der Waals surface area contributed by atoms with Crippen molar-refractivity contribution in [1.29, 1.82) is 0 Å². The average Bonchev–Trinajstić information content (AvgIpc) is 2.77. The molecule has 126 valence electrons. The third kappa shape index (κ3) is 4.96. The molecule has 22 heavy (non-hydrogen) atoms. The van der Waals surface area contributed by atoms with Crippen LogP contribution in [0, 0.1) is 0 Å². The molecule has 1 fully saturated rings. The zero-order valence-corrected chi connectivity index (χ0v) is 12.9. The van der Waals surface area contributed by atoms with Crippen LogP contribution in [0.25, 0.3) is 0 Å². The zero-order chi connectivity index (χ0) is 16.3. The first-order valence-corrected chi connectivity index (χ1v) is 7.46. The van der Waals surface area contributed by atoms with Gasteiger partial charge in [0.25, 0.3) is 0 Å². The molecule has 0 saturated carbocycles. The Hall–Kier alpha value is -1.12. The first-order chi connectivity index (χ1) is 10.2. The predicted molar refractivity (Wildman–Crippen MR) is 76.3 cm³/mol. The summed E-state index contributed by atoms with van der Waals surface area (Å²) in [5.41, 5.74) is 0. The largest absolute Gasteiger partial charge is 0.406 e. The maximum absolute atomic E-state index is 12.5. The molecular weight excluding hydrogens is 297 g/mol. The number of rotatable bonds is 5. The molecular formula is C14H23F3N4O. The summed E-state index contributed by atoms with van der Waals surface area (Å²) in [5, 5.41) is 9.47. The molecule has 0 unspecified atom stereocenters. The second kappa shape index (κ2) is 6.97. The lowest BCUT2D eigenvalue weighted by atomic mass is 10.1. The van der Waals surface area contributed by atoms with Crippen LogP contribution < -0.4 is 0 Å². The first kappa shape index (κ1) is 17.2. The summed E-state index contributed by atoms with van der Waals surface area (Å²) in [6.45, 7) is 6.17. The van der Waals surface area contributed by atoms with Crippen LogP contribution in [0.4, 0.5) is 13.2 Å². The highest BCUT2D eigenvalue weighted by atomic mass is 19.4. The van der Waals surface area contributed by atoms with Crippen molar-refractivity contribution in [2.75, 3.05) is 26.2 Å². The highest BCUT2D eigenvalue weighted by molar-refractivity contribution is 4.94. The Kier molecular flexibility index (Phi) is 5.46. The third-order valence-corrected chi connectivity index (χ3v) is 3.86. The highest BCUT2D eigenvalue weighted by Crippen LogP contribution is 2.19. The van der Waals surface area contributed by atoms with E-state index in [1.165, 1.54) is 12.4 Å². The lowest BCUT2D eigenvalue weighted by molar-refractivity contribution is -0.141. The molecule has 0 amide bonds. The van der Waals surface area contributed by atoms with E-state index in [1.54, 1.807) is 6.92 Å². The quantitative estimate of drug-likeness (QED) is 0.889. The van der Waals surface area contributed by atoms with Crippen LogP contribution in [0.1, 0.15) is 19.7 Å². The molecule has 2 rings (SSSR count). The Morgan fingerprint density at radius 2 is 2.14 bits per heavy atom. The van der Waals surface area contributed by atoms with E-state index < -0.39 is 12.7 Å². The smallest absolute Gasteiger partial charge is 0.392 e. The Morgan fingerprint density at radius 1 is 1.41 bits per heavy atom. The molecule has 0 aliphatic carbocycles. The lowest BCUT2D eigenvalue weighted by Crippen LogP contribution is -2.53. The molecule has 2 heterocycles. The minimum absolute atomic E-state index is 0.259. The molecule has 1 N–H and O–H groups in total. The molecule has 8 heteroatoms. The highest BCUT2D eigenvalue weighted by Gasteiger charge is 2.30. The fourth-order valence-corrected chi connectivity index (χ4v) is 2.85. The summed E-state index contributed by atoms with van der Waals surface area (Å²) in [4.78, 5) is 8.36. The first-order valence-electron chi connectivity index (χ1n) is 7.46. The minimum Gasteiger partial charge on any atom is -0.392 e. The lowest BCUT2D eigenvalue weighted by Gasteiger charge is -2.40. The van der Waals surface area contributed by atoms with Crippen molar-refractivity contribution in [2.45, 2.75) is 45.3 Å². The van der Waals surface area contributed by atoms with Gasteiger partial charge in [-0.3, -0.25) is 9.80 Å². The summed E-state index contributed by atoms with van der Waals surface area (Å²) in [7, 11) is 0. The Balaban J connectivity index is 1.92. The Bertz CT molecular complexity index is 475. The summed E-state index contributed by atoms with van der Waals surface area (Å²) < 4.78 is 38.7. The molecule has 1 aromatic heterocycles. The van der Waals surface area contributed by atoms with Crippen LogP contribution in [0.3, 0.4) is 0 Å². The van der Waals surface area contributed by atoms with Gasteiger partial charge in [0.05, 0.1) is 12.6 Å². The predicted octanol–water partition coefficient (Wildman–Crippen LogP) is 1.33. The van der Waals surface area contributed by atoms with E-state index in [4.69, 9.17) is 0 Å². The summed E-state index contributed by atoms with van der Waals surface area (Å²) in [5.74, 6) is 0.438. The number of aliphatic hydroxyl groups excluding tert-OH is 1. The number of hydrogen-bond donors (Lipinski definition) is 1. The van der Waals surface area contributed by atoms with Crippen LogP contribution in [0.2, 0.25) is 0 Å². The monoisotopic (exact) mass is 320 g/mol. The fraction of sp³-hybridized carbons (Fsp3) is 0.786. The number of halogens is 3. The Morgan fingerprint density at radius 3 is 2.73 bits per heavy atom. The van der Waals surface area contributed by atoms with Gasteiger partial charge in [-0.15, -0.1) is 0 Å². The number of imidazole rings is 1. The fourth-order valence-electron chi connectivity index (χ4n) is 2.85. The topological polar surface area (TPSA) is 44.5 Å². The summed E-state index contributed by atoms with van der Waals surface area (Å²) in [6, 6.07) is 0.259. The van der Waals surface area contributed by atoms with Crippen molar-refractivity contribution in [3.63, 3.8) is 0 Å². The van der Waals surface area contributed by atoms with Crippen molar-refractivity contribution < 1.29 is 18.3 Å². The van der Waals surface area contributed by atoms with Crippen LogP contribution in [-0.4, -0.2) is 69.0 Å². The van der Waals surface area contributed by atoms with Gasteiger partial charge in [-0.2, -0.15) is 13.2 Å². The van der Waals surface area contributed by atoms with E-state index >= 15 is 0 Å². The second-order valence-electron chi connectivity index (χ2n) is 6.01. The summed E-state index contributed by atoms with van der Waals surface area (Å²) >= 11 is 0. The summed E-state index contributed by atoms with van der Waals surface area (Å²) in [6.07, 6.45) is -1.83. The van der Waals surface area contributed by atoms with Gasteiger partial charge in [0.1, 0.15) is 12.4 Å². The van der Waals surface area contributed by atoms with Crippen LogP contribution in [0.5, 0.6) is 0 Å². The normalized spacial score (nSPS) is 22.9. The minimum atomic E-state index is -4.24. The zero-order valence-electron chi connectivity index (χ0n) is 12.9. The number of alkyl halides is 3. The van der Waals surface area contributed by atoms with Gasteiger partial charge in [0.2, 0.25) is 0 Å². The maximum Gasteiger partial charge on any atom is 0.406 e. The van der Waals surface area contributed by atoms with E-state index in [9.17, 15) is 18.3 Å². The molecule has 0 aromatic carbocycles. The molecule has 0 bridgehead atoms. The average molecular weight is 320 g/mol. The number of hydrogen-bond acceptors (Lipinski definition) is 4. The van der Waals surface area contributed by atoms with Gasteiger partial charge in [0.15, 0.2) is 0 Å². The van der Waals surface area contributed by atoms with Crippen molar-refractivity contribution >= 4 is 0 Å². The van der Waals surface area contributed by atoms with E-state index in [0.717, 1.165) is 24.2 Å². The third-order valence-electron chi connectivity index (χ3n) is 3.86. The molecule has 2 atom stereocenters. The Labute approximate surface area is 128 Å². The molecule has 1 saturated heterocycles. The van der Waals surface area contributed by atoms with Crippen molar-refractivity contribution in [3.8, 4) is 0 Å². The molecule has 1 aliphatic rings. The van der Waals surface area contributed by atoms with E-state index in [2.05, 4.69) is 21.7 Å². The van der Waals surface area contributed by atoms with Gasteiger partial charge in [-0.1, -0.05) is 0 Å². The standard InChI is InChI=1S/C14H23F3N4O/c1-11-7-19(5-6-20(11)8-12(2)22)9-13-18-3-4-21(13)10-14(15,16)17/h3-4,11-12,22H,5-10H2,1-2H3/t11-,12+/m1/s1. The SMILES string of the molecule is C[C@H](O)CN1CCN(Cc2nccn2CC(F)(F)F)C[C@H]1C. The van der Waals surface area contributed by atoms with Gasteiger partial charge in [-0.25, -0.2) is 4.98 Å². The van der Waals surface area contributed by atoms with E-state index in [1.807, 2.05) is 0 Å². The maximum atomic E-state index is 12.5. The van der Waals surface area contributed by atoms with E-state index in [0.29, 0.717) is 18.9 Å². The van der Waals surface area contributed by atoms with Gasteiger partial charge in [0, 0.05) is 44.6 Å². The number of piperazine rings is 1. The molecule has 0 radical (unpaired) electrons.